The van der Waals surface area contributed by atoms with Crippen LogP contribution in [0.2, 0.25) is 0 Å². The highest BCUT2D eigenvalue weighted by molar-refractivity contribution is 5.82. The summed E-state index contributed by atoms with van der Waals surface area (Å²) in [5.74, 6) is 0. The first-order valence-corrected chi connectivity index (χ1v) is 8.32. The molecule has 0 bridgehead atoms. The van der Waals surface area contributed by atoms with Crippen molar-refractivity contribution in [2.75, 3.05) is 0 Å². The maximum absolute atomic E-state index is 9.65. The first-order chi connectivity index (χ1) is 10.6. The fraction of sp³-hybridized carbons (Fsp3) is 0.409. The third-order valence-corrected chi connectivity index (χ3v) is 4.83. The van der Waals surface area contributed by atoms with Gasteiger partial charge in [-0.25, -0.2) is 0 Å². The molecule has 0 spiro atoms. The largest absolute Gasteiger partial charge is 0.192 e. The Morgan fingerprint density at radius 2 is 1.43 bits per heavy atom. The van der Waals surface area contributed by atoms with Crippen LogP contribution >= 0.6 is 0 Å². The van der Waals surface area contributed by atoms with E-state index in [1.807, 2.05) is 0 Å². The third-order valence-electron chi connectivity index (χ3n) is 4.83. The minimum Gasteiger partial charge on any atom is -0.192 e. The molecule has 1 nitrogen and oxygen atoms in total. The van der Waals surface area contributed by atoms with Gasteiger partial charge in [-0.05, 0) is 51.1 Å². The second-order valence-corrected chi connectivity index (χ2v) is 8.72. The minimum absolute atomic E-state index is 0.0615. The number of fused-ring (bicyclic) bond motifs is 3. The van der Waals surface area contributed by atoms with Gasteiger partial charge in [-0.15, -0.1) is 0 Å². The highest BCUT2D eigenvalue weighted by atomic mass is 14.3. The fourth-order valence-electron chi connectivity index (χ4n) is 3.34. The second kappa shape index (κ2) is 4.96. The summed E-state index contributed by atoms with van der Waals surface area (Å²) in [4.78, 5) is 0. The predicted octanol–water partition coefficient (Wildman–Crippen LogP) is 5.72. The lowest BCUT2D eigenvalue weighted by molar-refractivity contribution is 0.589. The van der Waals surface area contributed by atoms with Crippen molar-refractivity contribution in [3.8, 4) is 17.2 Å². The molecule has 2 aromatic carbocycles. The Bertz CT molecular complexity index is 821. The summed E-state index contributed by atoms with van der Waals surface area (Å²) in [6, 6.07) is 13.5. The molecule has 1 heteroatoms. The Hall–Kier alpha value is -2.07. The zero-order valence-electron chi connectivity index (χ0n) is 15.0. The predicted molar refractivity (Wildman–Crippen MR) is 96.8 cm³/mol. The third kappa shape index (κ3) is 2.68. The summed E-state index contributed by atoms with van der Waals surface area (Å²) in [5.41, 5.74) is 8.68. The Morgan fingerprint density at radius 1 is 0.826 bits per heavy atom. The van der Waals surface area contributed by atoms with Crippen LogP contribution in [0.3, 0.4) is 0 Å². The number of hydrogen-bond acceptors (Lipinski definition) is 1. The van der Waals surface area contributed by atoms with Crippen LogP contribution in [0.1, 0.15) is 69.4 Å². The number of nitrogens with zero attached hydrogens (tertiary/aromatic N) is 1. The van der Waals surface area contributed by atoms with E-state index in [0.29, 0.717) is 0 Å². The lowest BCUT2D eigenvalue weighted by Gasteiger charge is -2.21. The summed E-state index contributed by atoms with van der Waals surface area (Å²) in [6.07, 6.45) is 0.938. The van der Waals surface area contributed by atoms with Crippen molar-refractivity contribution in [3.05, 3.63) is 58.1 Å². The van der Waals surface area contributed by atoms with E-state index in [9.17, 15) is 5.26 Å². The Labute approximate surface area is 140 Å². The van der Waals surface area contributed by atoms with Gasteiger partial charge in [0, 0.05) is 5.56 Å². The van der Waals surface area contributed by atoms with Crippen molar-refractivity contribution in [2.45, 2.75) is 58.8 Å². The van der Waals surface area contributed by atoms with E-state index in [-0.39, 0.29) is 10.8 Å². The van der Waals surface area contributed by atoms with E-state index in [2.05, 4.69) is 77.9 Å². The van der Waals surface area contributed by atoms with Crippen molar-refractivity contribution in [2.24, 2.45) is 0 Å². The van der Waals surface area contributed by atoms with Gasteiger partial charge in [-0.2, -0.15) is 5.26 Å². The lowest BCUT2D eigenvalue weighted by atomic mass is 9.83. The molecule has 0 unspecified atom stereocenters. The Morgan fingerprint density at radius 3 is 2.00 bits per heavy atom. The van der Waals surface area contributed by atoms with Gasteiger partial charge >= 0.3 is 0 Å². The molecule has 118 valence electrons. The maximum Gasteiger partial charge on any atom is 0.0998 e. The SMILES string of the molecule is CC(C)(C)c1ccc2c(c1)Cc1cc(C(C)(C)C)cc(C#N)c1-2. The van der Waals surface area contributed by atoms with Crippen molar-refractivity contribution in [1.82, 2.24) is 0 Å². The lowest BCUT2D eigenvalue weighted by Crippen LogP contribution is -2.12. The Kier molecular flexibility index (Phi) is 3.41. The number of nitriles is 1. The monoisotopic (exact) mass is 303 g/mol. The molecule has 0 aliphatic heterocycles. The van der Waals surface area contributed by atoms with Gasteiger partial charge in [0.05, 0.1) is 11.6 Å². The summed E-state index contributed by atoms with van der Waals surface area (Å²) >= 11 is 0. The van der Waals surface area contributed by atoms with Crippen LogP contribution in [-0.2, 0) is 17.3 Å². The molecule has 0 fully saturated rings. The molecule has 3 rings (SSSR count). The molecule has 1 aliphatic rings. The van der Waals surface area contributed by atoms with Crippen molar-refractivity contribution in [1.29, 1.82) is 5.26 Å². The number of rotatable bonds is 0. The van der Waals surface area contributed by atoms with Crippen molar-refractivity contribution >= 4 is 0 Å². The minimum atomic E-state index is 0.0615. The van der Waals surface area contributed by atoms with E-state index >= 15 is 0 Å². The molecule has 0 saturated carbocycles. The maximum atomic E-state index is 9.65. The average molecular weight is 303 g/mol. The highest BCUT2D eigenvalue weighted by Gasteiger charge is 2.26. The van der Waals surface area contributed by atoms with E-state index in [1.54, 1.807) is 0 Å². The topological polar surface area (TPSA) is 23.8 Å². The van der Waals surface area contributed by atoms with Crippen molar-refractivity contribution in [3.63, 3.8) is 0 Å². The molecule has 0 heterocycles. The summed E-state index contributed by atoms with van der Waals surface area (Å²) < 4.78 is 0. The molecule has 0 aromatic heterocycles. The molecule has 0 amide bonds. The highest BCUT2D eigenvalue weighted by Crippen LogP contribution is 2.42. The molecule has 1 aliphatic carbocycles. The zero-order valence-corrected chi connectivity index (χ0v) is 15.0. The van der Waals surface area contributed by atoms with Crippen LogP contribution in [0.4, 0.5) is 0 Å². The van der Waals surface area contributed by atoms with Gasteiger partial charge in [0.1, 0.15) is 0 Å². The summed E-state index contributed by atoms with van der Waals surface area (Å²) in [5, 5.41) is 9.65. The molecule has 0 saturated heterocycles. The molecule has 23 heavy (non-hydrogen) atoms. The molecular formula is C22H25N. The molecule has 2 aromatic rings. The standard InChI is InChI=1S/C22H25N/c1-21(2,3)17-7-8-19-14(10-17)9-15-11-18(22(4,5)6)12-16(13-23)20(15)19/h7-8,10-12H,9H2,1-6H3. The van der Waals surface area contributed by atoms with Crippen LogP contribution in [0.25, 0.3) is 11.1 Å². The van der Waals surface area contributed by atoms with E-state index in [1.165, 1.54) is 27.8 Å². The van der Waals surface area contributed by atoms with Gasteiger partial charge in [0.2, 0.25) is 0 Å². The average Bonchev–Trinajstić information content (AvgIpc) is 2.81. The van der Waals surface area contributed by atoms with Crippen molar-refractivity contribution < 1.29 is 0 Å². The molecule has 0 radical (unpaired) electrons. The summed E-state index contributed by atoms with van der Waals surface area (Å²) in [7, 11) is 0. The fourth-order valence-corrected chi connectivity index (χ4v) is 3.34. The van der Waals surface area contributed by atoms with Crippen LogP contribution in [0, 0.1) is 11.3 Å². The zero-order chi connectivity index (χ0) is 17.0. The van der Waals surface area contributed by atoms with Gasteiger partial charge in [0.15, 0.2) is 0 Å². The van der Waals surface area contributed by atoms with Gasteiger partial charge < -0.3 is 0 Å². The smallest absolute Gasteiger partial charge is 0.0998 e. The van der Waals surface area contributed by atoms with E-state index < -0.39 is 0 Å². The molecular weight excluding hydrogens is 278 g/mol. The van der Waals surface area contributed by atoms with E-state index in [0.717, 1.165) is 17.5 Å². The van der Waals surface area contributed by atoms with Crippen LogP contribution in [-0.4, -0.2) is 0 Å². The molecule has 0 atom stereocenters. The Balaban J connectivity index is 2.19. The van der Waals surface area contributed by atoms with Gasteiger partial charge in [-0.1, -0.05) is 65.8 Å². The first-order valence-electron chi connectivity index (χ1n) is 8.32. The van der Waals surface area contributed by atoms with Gasteiger partial charge in [0.25, 0.3) is 0 Å². The number of benzene rings is 2. The summed E-state index contributed by atoms with van der Waals surface area (Å²) in [6.45, 7) is 13.3. The second-order valence-electron chi connectivity index (χ2n) is 8.72. The van der Waals surface area contributed by atoms with Crippen LogP contribution in [0.15, 0.2) is 30.3 Å². The normalized spacial score (nSPS) is 13.4. The van der Waals surface area contributed by atoms with Gasteiger partial charge in [-0.3, -0.25) is 0 Å². The van der Waals surface area contributed by atoms with Crippen LogP contribution in [0.5, 0.6) is 0 Å². The molecule has 0 N–H and O–H groups in total. The number of hydrogen-bond donors (Lipinski definition) is 0. The van der Waals surface area contributed by atoms with Crippen LogP contribution < -0.4 is 0 Å². The quantitative estimate of drug-likeness (QED) is 0.520. The first kappa shape index (κ1) is 15.8. The van der Waals surface area contributed by atoms with E-state index in [4.69, 9.17) is 0 Å².